The number of rotatable bonds is 0. The predicted molar refractivity (Wildman–Crippen MR) is 19.5 cm³/mol. The van der Waals surface area contributed by atoms with Crippen molar-refractivity contribution >= 4 is 56.7 Å². The summed E-state index contributed by atoms with van der Waals surface area (Å²) >= 11 is -5.52. The molecule has 0 saturated heterocycles. The van der Waals surface area contributed by atoms with E-state index in [1.807, 2.05) is 0 Å². The van der Waals surface area contributed by atoms with E-state index in [2.05, 4.69) is 0 Å². The molecule has 0 aromatic carbocycles. The fourth-order valence-electron chi connectivity index (χ4n) is 0. The van der Waals surface area contributed by atoms with Crippen LogP contribution in [-0.2, 0) is 27.3 Å². The third-order valence-electron chi connectivity index (χ3n) is 0. The average Bonchev–Trinajstić information content (AvgIpc) is 0.722. The summed E-state index contributed by atoms with van der Waals surface area (Å²) in [5, 5.41) is 0. The molecule has 0 fully saturated rings. The molecule has 2 N–H and O–H groups in total. The van der Waals surface area contributed by atoms with Crippen molar-refractivity contribution in [3.8, 4) is 0 Å². The van der Waals surface area contributed by atoms with Crippen LogP contribution >= 0.6 is 0 Å². The second-order valence-corrected chi connectivity index (χ2v) is 3.00. The maximum Gasteiger partial charge on any atom is 2.00 e. The van der Waals surface area contributed by atoms with Crippen molar-refractivity contribution in [2.24, 2.45) is 0 Å². The van der Waals surface area contributed by atoms with Gasteiger partial charge in [0.25, 0.3) is 0 Å². The topological polar surface area (TPSA) is 74.6 Å². The molecule has 0 bridgehead atoms. The van der Waals surface area contributed by atoms with E-state index in [0.717, 1.165) is 0 Å². The van der Waals surface area contributed by atoms with Gasteiger partial charge in [-0.15, -0.1) is 0 Å². The molecule has 0 saturated carbocycles. The summed E-state index contributed by atoms with van der Waals surface area (Å²) in [5.41, 5.74) is 0. The molecule has 0 amide bonds. The second-order valence-electron chi connectivity index (χ2n) is 0.448. The Kier molecular flexibility index (Phi) is 14.7. The molecule has 4 nitrogen and oxygen atoms in total. The largest absolute Gasteiger partial charge is 2.00 e. The van der Waals surface area contributed by atoms with Crippen molar-refractivity contribution in [1.82, 2.24) is 0 Å². The van der Waals surface area contributed by atoms with Crippen molar-refractivity contribution in [2.75, 3.05) is 0 Å². The smallest absolute Gasteiger partial charge is 1.00 e. The molecular formula is H4CaMoO4Te. The third-order valence-corrected chi connectivity index (χ3v) is 0. The van der Waals surface area contributed by atoms with E-state index in [1.54, 1.807) is 0 Å². The first kappa shape index (κ1) is 16.1. The third kappa shape index (κ3) is 63.4. The van der Waals surface area contributed by atoms with Gasteiger partial charge in [0.05, 0.1) is 0 Å². The molecule has 0 aliphatic rings. The molecule has 7 heteroatoms. The Labute approximate surface area is 92.2 Å². The molecule has 0 unspecified atom stereocenters. The fraction of sp³-hybridized carbons (Fsp3) is 0. The molecule has 0 rings (SSSR count). The Morgan fingerprint density at radius 3 is 1.29 bits per heavy atom. The number of hydrogen-bond acceptors (Lipinski definition) is 2. The molecule has 0 spiro atoms. The van der Waals surface area contributed by atoms with Crippen molar-refractivity contribution in [3.63, 3.8) is 0 Å². The number of hydrogen-bond donors (Lipinski definition) is 2. The molecule has 0 aromatic rings. The molecule has 7 heavy (non-hydrogen) atoms. The minimum atomic E-state index is -5.52. The van der Waals surface area contributed by atoms with Gasteiger partial charge in [0, 0.05) is 21.1 Å². The van der Waals surface area contributed by atoms with E-state index < -0.39 is 19.0 Å². The van der Waals surface area contributed by atoms with E-state index in [9.17, 15) is 0 Å². The van der Waals surface area contributed by atoms with E-state index >= 15 is 0 Å². The average molecular weight is 332 g/mol. The van der Waals surface area contributed by atoms with Crippen molar-refractivity contribution in [3.05, 3.63) is 0 Å². The van der Waals surface area contributed by atoms with Crippen LogP contribution in [0.1, 0.15) is 2.85 Å². The van der Waals surface area contributed by atoms with E-state index in [1.165, 1.54) is 0 Å². The molecule has 42 valence electrons. The fourth-order valence-corrected chi connectivity index (χ4v) is 0. The van der Waals surface area contributed by atoms with Gasteiger partial charge >= 0.3 is 69.9 Å². The molecule has 0 radical (unpaired) electrons. The second kappa shape index (κ2) is 6.38. The summed E-state index contributed by atoms with van der Waals surface area (Å²) in [6.07, 6.45) is 0. The quantitative estimate of drug-likeness (QED) is 0.509. The molecule has 0 heterocycles. The Morgan fingerprint density at radius 2 is 1.29 bits per heavy atom. The summed E-state index contributed by atoms with van der Waals surface area (Å²) in [6, 6.07) is 0. The van der Waals surface area contributed by atoms with Crippen LogP contribution in [0.4, 0.5) is 0 Å². The van der Waals surface area contributed by atoms with Crippen LogP contribution in [0, 0.1) is 0 Å². The minimum Gasteiger partial charge on any atom is -1.00 e. The standard InChI is InChI=1S/Ca.Mo.H2O4Te.2H/c;;1-5(2,3)4;;/h;;(H2,1,2,3,4);;/q+2;;;2*-1. The predicted octanol–water partition coefficient (Wildman–Crippen LogP) is -1.89. The van der Waals surface area contributed by atoms with Crippen LogP contribution in [0.2, 0.25) is 0 Å². The Bertz CT molecular complexity index is 102. The first-order valence-corrected chi connectivity index (χ1v) is 4.69. The van der Waals surface area contributed by atoms with Crippen molar-refractivity contribution < 1.29 is 37.1 Å². The van der Waals surface area contributed by atoms with Crippen LogP contribution in [-0.4, -0.2) is 63.7 Å². The van der Waals surface area contributed by atoms with E-state index in [-0.39, 0.29) is 61.7 Å². The Morgan fingerprint density at radius 1 is 1.29 bits per heavy atom. The van der Waals surface area contributed by atoms with Gasteiger partial charge in [-0.1, -0.05) is 0 Å². The molecule has 0 aromatic heterocycles. The van der Waals surface area contributed by atoms with Crippen LogP contribution in [0.15, 0.2) is 0 Å². The Hall–Kier alpha value is 2.26. The summed E-state index contributed by atoms with van der Waals surface area (Å²) in [6.45, 7) is 0. The minimum absolute atomic E-state index is 0. The maximum atomic E-state index is 8.85. The summed E-state index contributed by atoms with van der Waals surface area (Å²) in [5.74, 6) is 0. The maximum absolute atomic E-state index is 8.85. The van der Waals surface area contributed by atoms with E-state index in [0.29, 0.717) is 0 Å². The monoisotopic (exact) mass is 336 g/mol. The van der Waals surface area contributed by atoms with Crippen LogP contribution in [0.5, 0.6) is 0 Å². The Balaban J connectivity index is -0.0000000133. The zero-order valence-electron chi connectivity index (χ0n) is 5.23. The van der Waals surface area contributed by atoms with Gasteiger partial charge in [-0.2, -0.15) is 0 Å². The van der Waals surface area contributed by atoms with Crippen LogP contribution in [0.25, 0.3) is 0 Å². The van der Waals surface area contributed by atoms with Crippen LogP contribution < -0.4 is 0 Å². The summed E-state index contributed by atoms with van der Waals surface area (Å²) in [7, 11) is 0. The molecule has 0 aliphatic carbocycles. The zero-order chi connectivity index (χ0) is 4.50. The van der Waals surface area contributed by atoms with Crippen molar-refractivity contribution in [2.45, 2.75) is 0 Å². The molecule has 0 atom stereocenters. The first-order chi connectivity index (χ1) is 2.00. The van der Waals surface area contributed by atoms with Crippen molar-refractivity contribution in [1.29, 1.82) is 0 Å². The van der Waals surface area contributed by atoms with Gasteiger partial charge in [-0.3, -0.25) is 0 Å². The first-order valence-electron chi connectivity index (χ1n) is 0.698. The molecule has 0 aliphatic heterocycles. The van der Waals surface area contributed by atoms with Gasteiger partial charge in [0.1, 0.15) is 0 Å². The molecular weight excluding hydrogens is 328 g/mol. The van der Waals surface area contributed by atoms with Crippen LogP contribution in [0.3, 0.4) is 0 Å². The zero-order valence-corrected chi connectivity index (χ0v) is 9.78. The van der Waals surface area contributed by atoms with Gasteiger partial charge in [-0.25, -0.2) is 0 Å². The van der Waals surface area contributed by atoms with Gasteiger partial charge in [0.2, 0.25) is 0 Å². The van der Waals surface area contributed by atoms with Gasteiger partial charge in [-0.05, 0) is 0 Å². The van der Waals surface area contributed by atoms with Gasteiger partial charge < -0.3 is 2.85 Å². The van der Waals surface area contributed by atoms with E-state index in [4.69, 9.17) is 13.2 Å². The summed E-state index contributed by atoms with van der Waals surface area (Å²) in [4.78, 5) is 0. The summed E-state index contributed by atoms with van der Waals surface area (Å²) < 4.78 is 32.0. The SMILES string of the molecule is O=[Te](=O)(O)O.[Ca+2].[H-].[H-].[Mo]. The normalized spacial score (nSPS) is 8.29. The van der Waals surface area contributed by atoms with Gasteiger partial charge in [0.15, 0.2) is 0 Å².